The molecule has 1 heterocycles. The molecule has 0 aliphatic carbocycles. The van der Waals surface area contributed by atoms with E-state index in [4.69, 9.17) is 16.8 Å². The Morgan fingerprint density at radius 2 is 1.94 bits per heavy atom. The Hall–Kier alpha value is -2.50. The van der Waals surface area contributed by atoms with E-state index in [1.54, 1.807) is 0 Å². The number of hydrogen-bond donors (Lipinski definition) is 1. The summed E-state index contributed by atoms with van der Waals surface area (Å²) in [5.41, 5.74) is 0. The highest BCUT2D eigenvalue weighted by molar-refractivity contribution is 6.29. The van der Waals surface area contributed by atoms with Crippen LogP contribution in [0.25, 0.3) is 0 Å². The lowest BCUT2D eigenvalue weighted by atomic mass is 11.0. The summed E-state index contributed by atoms with van der Waals surface area (Å²) in [5.74, 6) is -2.59. The van der Waals surface area contributed by atoms with Crippen LogP contribution in [0.3, 0.4) is 0 Å². The van der Waals surface area contributed by atoms with Crippen molar-refractivity contribution in [2.45, 2.75) is 0 Å². The summed E-state index contributed by atoms with van der Waals surface area (Å²) in [6.07, 6.45) is 0. The van der Waals surface area contributed by atoms with Crippen LogP contribution in [0.2, 0.25) is 5.28 Å². The average Bonchev–Trinajstić information content (AvgIpc) is 2.47. The Bertz CT molecular complexity index is 488. The monoisotopic (exact) mass is 252 g/mol. The maximum Gasteiger partial charge on any atom is 0.669 e. The van der Waals surface area contributed by atoms with E-state index in [1.807, 2.05) is 0 Å². The Morgan fingerprint density at radius 3 is 2.25 bits per heavy atom. The molecule has 1 rings (SSSR count). The lowest BCUT2D eigenvalue weighted by molar-refractivity contribution is -0.749. The summed E-state index contributed by atoms with van der Waals surface area (Å²) >= 11 is 5.25. The summed E-state index contributed by atoms with van der Waals surface area (Å²) < 4.78 is 0.0205. The lowest BCUT2D eigenvalue weighted by Crippen LogP contribution is -2.30. The minimum atomic E-state index is -1.54. The van der Waals surface area contributed by atoms with E-state index in [1.165, 1.54) is 0 Å². The molecule has 0 saturated carbocycles. The molecule has 16 heavy (non-hydrogen) atoms. The minimum absolute atomic E-state index is 0.0205. The van der Waals surface area contributed by atoms with Crippen LogP contribution in [0.1, 0.15) is 0 Å². The van der Waals surface area contributed by atoms with E-state index in [-0.39, 0.29) is 4.68 Å². The van der Waals surface area contributed by atoms with Gasteiger partial charge in [-0.3, -0.25) is 0 Å². The molecule has 1 aromatic rings. The molecule has 1 N–H and O–H groups in total. The van der Waals surface area contributed by atoms with Crippen LogP contribution in [0.4, 0.5) is 5.95 Å². The Labute approximate surface area is 89.8 Å². The second-order valence-corrected chi connectivity index (χ2v) is 2.52. The highest BCUT2D eigenvalue weighted by Crippen LogP contribution is 2.11. The first kappa shape index (κ1) is 11.6. The third kappa shape index (κ3) is 1.95. The van der Waals surface area contributed by atoms with E-state index < -0.39 is 31.9 Å². The molecule has 13 heteroatoms. The van der Waals surface area contributed by atoms with Crippen molar-refractivity contribution < 1.29 is 20.0 Å². The van der Waals surface area contributed by atoms with Crippen molar-refractivity contribution in [1.82, 2.24) is 14.8 Å². The third-order valence-corrected chi connectivity index (χ3v) is 1.49. The molecule has 0 bridgehead atoms. The lowest BCUT2D eigenvalue weighted by Gasteiger charge is -1.90. The summed E-state index contributed by atoms with van der Waals surface area (Å²) in [4.78, 5) is 20.0. The van der Waals surface area contributed by atoms with Gasteiger partial charge in [-0.1, -0.05) is 0 Å². The molecule has 0 amide bonds. The van der Waals surface area contributed by atoms with Gasteiger partial charge in [0.15, 0.2) is 5.10 Å². The second-order valence-electron chi connectivity index (χ2n) is 2.18. The number of rotatable bonds is 1. The van der Waals surface area contributed by atoms with Crippen molar-refractivity contribution in [2.75, 3.05) is 0 Å². The standard InChI is InChI=1S/C3HClN6O6/c4-1-5-2(8(11)12)6-7(1)3(9(13)14)10(15)16/h(H,13,14). The number of nitrogens with zero attached hydrogens (tertiary/aromatic N) is 6. The fourth-order valence-electron chi connectivity index (χ4n) is 0.716. The van der Waals surface area contributed by atoms with Crippen LogP contribution >= 0.6 is 11.6 Å². The molecule has 86 valence electrons. The first-order chi connectivity index (χ1) is 7.34. The van der Waals surface area contributed by atoms with Crippen LogP contribution in [-0.4, -0.2) is 40.7 Å². The predicted molar refractivity (Wildman–Crippen MR) is 44.5 cm³/mol. The summed E-state index contributed by atoms with van der Waals surface area (Å²) in [6, 6.07) is 0. The van der Waals surface area contributed by atoms with Gasteiger partial charge in [-0.05, 0) is 4.92 Å². The Kier molecular flexibility index (Phi) is 2.85. The minimum Gasteiger partial charge on any atom is -0.461 e. The van der Waals surface area contributed by atoms with Gasteiger partial charge in [0, 0.05) is 16.6 Å². The topological polar surface area (TPSA) is 163 Å². The van der Waals surface area contributed by atoms with Crippen LogP contribution < -0.4 is 0 Å². The van der Waals surface area contributed by atoms with Gasteiger partial charge in [-0.15, -0.1) is 0 Å². The zero-order chi connectivity index (χ0) is 12.5. The van der Waals surface area contributed by atoms with E-state index >= 15 is 0 Å². The van der Waals surface area contributed by atoms with Gasteiger partial charge in [0.05, 0.1) is 9.83 Å². The van der Waals surface area contributed by atoms with Crippen LogP contribution in [-0.2, 0) is 0 Å². The van der Waals surface area contributed by atoms with Gasteiger partial charge in [0.25, 0.3) is 0 Å². The van der Waals surface area contributed by atoms with Gasteiger partial charge >= 0.3 is 17.2 Å². The normalized spacial score (nSPS) is 12.1. The number of aromatic nitrogens is 3. The van der Waals surface area contributed by atoms with Crippen molar-refractivity contribution in [1.29, 1.82) is 0 Å². The quantitative estimate of drug-likeness (QED) is 0.170. The average molecular weight is 253 g/mol. The van der Waals surface area contributed by atoms with Crippen molar-refractivity contribution in [3.8, 4) is 0 Å². The smallest absolute Gasteiger partial charge is 0.461 e. The predicted octanol–water partition coefficient (Wildman–Crippen LogP) is -0.780. The molecule has 0 fully saturated rings. The zero-order valence-corrected chi connectivity index (χ0v) is 7.81. The molecule has 0 unspecified atom stereocenters. The first-order valence-corrected chi connectivity index (χ1v) is 3.67. The van der Waals surface area contributed by atoms with Gasteiger partial charge < -0.3 is 30.6 Å². The highest BCUT2D eigenvalue weighted by atomic mass is 35.5. The number of halogens is 1. The van der Waals surface area contributed by atoms with E-state index in [0.717, 1.165) is 0 Å². The SMILES string of the molecule is O=[N+]([O-])/C(n1nc([N+](=O)[O-])nc1Cl)=[N+](\[O-])O. The summed E-state index contributed by atoms with van der Waals surface area (Å²) in [5, 5.41) is 41.4. The largest absolute Gasteiger partial charge is 0.669 e. The molecular formula is C3HClN6O6. The third-order valence-electron chi connectivity index (χ3n) is 1.24. The van der Waals surface area contributed by atoms with Gasteiger partial charge in [0.1, 0.15) is 4.68 Å². The first-order valence-electron chi connectivity index (χ1n) is 3.29. The fraction of sp³-hybridized carbons (Fsp3) is 0. The molecule has 1 aromatic heterocycles. The molecule has 0 atom stereocenters. The molecule has 0 aliphatic heterocycles. The maximum atomic E-state index is 10.4. The van der Waals surface area contributed by atoms with Crippen molar-refractivity contribution in [3.05, 3.63) is 30.7 Å². The van der Waals surface area contributed by atoms with E-state index in [2.05, 4.69) is 10.1 Å². The molecule has 0 saturated heterocycles. The van der Waals surface area contributed by atoms with Crippen molar-refractivity contribution in [2.24, 2.45) is 0 Å². The van der Waals surface area contributed by atoms with Crippen molar-refractivity contribution in [3.63, 3.8) is 0 Å². The maximum absolute atomic E-state index is 10.4. The Morgan fingerprint density at radius 1 is 1.38 bits per heavy atom. The Balaban J connectivity index is 3.38. The molecule has 12 nitrogen and oxygen atoms in total. The molecule has 0 radical (unpaired) electrons. The fourth-order valence-corrected chi connectivity index (χ4v) is 0.905. The van der Waals surface area contributed by atoms with Crippen LogP contribution in [0, 0.1) is 25.4 Å². The summed E-state index contributed by atoms with van der Waals surface area (Å²) in [6.45, 7) is 0. The van der Waals surface area contributed by atoms with Gasteiger partial charge in [0.2, 0.25) is 0 Å². The van der Waals surface area contributed by atoms with Gasteiger partial charge in [-0.25, -0.2) is 0 Å². The molecule has 0 aliphatic rings. The molecule has 0 aromatic carbocycles. The molecular weight excluding hydrogens is 252 g/mol. The number of hydrogen-bond acceptors (Lipinski definition) is 8. The zero-order valence-electron chi connectivity index (χ0n) is 7.05. The van der Waals surface area contributed by atoms with Crippen molar-refractivity contribution >= 4 is 23.5 Å². The van der Waals surface area contributed by atoms with Gasteiger partial charge in [-0.2, -0.15) is 0 Å². The van der Waals surface area contributed by atoms with Crippen LogP contribution in [0.5, 0.6) is 0 Å². The number of nitro groups is 2. The summed E-state index contributed by atoms with van der Waals surface area (Å²) in [7, 11) is 0. The van der Waals surface area contributed by atoms with E-state index in [9.17, 15) is 25.4 Å². The second kappa shape index (κ2) is 3.93. The highest BCUT2D eigenvalue weighted by Gasteiger charge is 2.41. The molecule has 0 spiro atoms. The van der Waals surface area contributed by atoms with Crippen LogP contribution in [0.15, 0.2) is 0 Å². The van der Waals surface area contributed by atoms with E-state index in [0.29, 0.717) is 0 Å².